The van der Waals surface area contributed by atoms with E-state index in [0.29, 0.717) is 17.2 Å². The van der Waals surface area contributed by atoms with E-state index in [1.54, 1.807) is 6.07 Å². The molecule has 1 aliphatic heterocycles. The fourth-order valence-corrected chi connectivity index (χ4v) is 3.38. The first kappa shape index (κ1) is 13.3. The lowest BCUT2D eigenvalue weighted by Crippen LogP contribution is -2.31. The third kappa shape index (κ3) is 3.42. The predicted octanol–water partition coefficient (Wildman–Crippen LogP) is 2.45. The van der Waals surface area contributed by atoms with E-state index in [9.17, 15) is 4.79 Å². The molecule has 0 aromatic heterocycles. The molecule has 0 spiro atoms. The third-order valence-electron chi connectivity index (χ3n) is 3.34. The van der Waals surface area contributed by atoms with E-state index in [2.05, 4.69) is 5.32 Å². The Morgan fingerprint density at radius 2 is 2.17 bits per heavy atom. The first-order valence-electron chi connectivity index (χ1n) is 6.39. The fraction of sp³-hybridized carbons (Fsp3) is 0.500. The number of hydrogen-bond donors (Lipinski definition) is 2. The Balaban J connectivity index is 1.90. The predicted molar refractivity (Wildman–Crippen MR) is 78.0 cm³/mol. The first-order chi connectivity index (χ1) is 8.66. The highest BCUT2D eigenvalue weighted by Gasteiger charge is 2.16. The van der Waals surface area contributed by atoms with Gasteiger partial charge in [-0.3, -0.25) is 4.79 Å². The van der Waals surface area contributed by atoms with Crippen LogP contribution in [0.4, 0.5) is 5.69 Å². The van der Waals surface area contributed by atoms with E-state index in [4.69, 9.17) is 5.73 Å². The smallest absolute Gasteiger partial charge is 0.253 e. The van der Waals surface area contributed by atoms with Gasteiger partial charge in [0.2, 0.25) is 0 Å². The minimum Gasteiger partial charge on any atom is -0.398 e. The standard InChI is InChI=1S/C14H20N2OS/c1-10-2-3-12(13(15)8-10)14(17)16-9-11-4-6-18-7-5-11/h2-3,8,11H,4-7,9,15H2,1H3,(H,16,17). The summed E-state index contributed by atoms with van der Waals surface area (Å²) >= 11 is 2.00. The monoisotopic (exact) mass is 264 g/mol. The van der Waals surface area contributed by atoms with Gasteiger partial charge in [0.1, 0.15) is 0 Å². The maximum Gasteiger partial charge on any atom is 0.253 e. The molecular formula is C14H20N2OS. The zero-order valence-corrected chi connectivity index (χ0v) is 11.6. The summed E-state index contributed by atoms with van der Waals surface area (Å²) in [7, 11) is 0. The highest BCUT2D eigenvalue weighted by molar-refractivity contribution is 7.99. The quantitative estimate of drug-likeness (QED) is 0.825. The molecule has 0 unspecified atom stereocenters. The zero-order chi connectivity index (χ0) is 13.0. The summed E-state index contributed by atoms with van der Waals surface area (Å²) in [4.78, 5) is 12.0. The molecule has 1 fully saturated rings. The number of rotatable bonds is 3. The summed E-state index contributed by atoms with van der Waals surface area (Å²) in [5.74, 6) is 3.01. The number of nitrogen functional groups attached to an aromatic ring is 1. The fourth-order valence-electron chi connectivity index (χ4n) is 2.17. The Morgan fingerprint density at radius 3 is 2.83 bits per heavy atom. The van der Waals surface area contributed by atoms with Gasteiger partial charge in [0.05, 0.1) is 5.56 Å². The van der Waals surface area contributed by atoms with E-state index in [1.165, 1.54) is 24.3 Å². The summed E-state index contributed by atoms with van der Waals surface area (Å²) in [6.07, 6.45) is 2.41. The number of hydrogen-bond acceptors (Lipinski definition) is 3. The van der Waals surface area contributed by atoms with E-state index in [1.807, 2.05) is 30.8 Å². The average molecular weight is 264 g/mol. The minimum atomic E-state index is -0.0503. The SMILES string of the molecule is Cc1ccc(C(=O)NCC2CCSCC2)c(N)c1. The van der Waals surface area contributed by atoms with Gasteiger partial charge in [-0.15, -0.1) is 0 Å². The molecule has 3 nitrogen and oxygen atoms in total. The van der Waals surface area contributed by atoms with Crippen LogP contribution in [0, 0.1) is 12.8 Å². The van der Waals surface area contributed by atoms with Crippen molar-refractivity contribution in [1.82, 2.24) is 5.32 Å². The van der Waals surface area contributed by atoms with Gasteiger partial charge in [-0.2, -0.15) is 11.8 Å². The molecule has 18 heavy (non-hydrogen) atoms. The minimum absolute atomic E-state index is 0.0503. The van der Waals surface area contributed by atoms with Crippen molar-refractivity contribution in [3.63, 3.8) is 0 Å². The maximum atomic E-state index is 12.0. The van der Waals surface area contributed by atoms with Gasteiger partial charge in [-0.25, -0.2) is 0 Å². The van der Waals surface area contributed by atoms with Gasteiger partial charge in [-0.05, 0) is 54.9 Å². The van der Waals surface area contributed by atoms with Crippen LogP contribution in [0.15, 0.2) is 18.2 Å². The number of benzene rings is 1. The molecule has 3 N–H and O–H groups in total. The van der Waals surface area contributed by atoms with Crippen LogP contribution in [-0.4, -0.2) is 24.0 Å². The normalized spacial score (nSPS) is 16.5. The van der Waals surface area contributed by atoms with Gasteiger partial charge in [0.15, 0.2) is 0 Å². The Bertz CT molecular complexity index is 428. The van der Waals surface area contributed by atoms with Crippen molar-refractivity contribution in [1.29, 1.82) is 0 Å². The van der Waals surface area contributed by atoms with Crippen LogP contribution in [0.3, 0.4) is 0 Å². The summed E-state index contributed by atoms with van der Waals surface area (Å²) in [5, 5.41) is 3.00. The number of nitrogens with two attached hydrogens (primary N) is 1. The molecule has 1 heterocycles. The summed E-state index contributed by atoms with van der Waals surface area (Å²) in [5.41, 5.74) is 8.09. The van der Waals surface area contributed by atoms with Gasteiger partial charge in [0.25, 0.3) is 5.91 Å². The van der Waals surface area contributed by atoms with E-state index >= 15 is 0 Å². The van der Waals surface area contributed by atoms with Crippen molar-refractivity contribution in [3.05, 3.63) is 29.3 Å². The number of carbonyl (C=O) groups excluding carboxylic acids is 1. The van der Waals surface area contributed by atoms with E-state index in [-0.39, 0.29) is 5.91 Å². The Hall–Kier alpha value is -1.16. The largest absolute Gasteiger partial charge is 0.398 e. The molecule has 0 radical (unpaired) electrons. The molecular weight excluding hydrogens is 244 g/mol. The second kappa shape index (κ2) is 6.14. The molecule has 0 saturated carbocycles. The van der Waals surface area contributed by atoms with Gasteiger partial charge < -0.3 is 11.1 Å². The number of aryl methyl sites for hydroxylation is 1. The molecule has 1 aromatic carbocycles. The molecule has 4 heteroatoms. The lowest BCUT2D eigenvalue weighted by Gasteiger charge is -2.21. The van der Waals surface area contributed by atoms with Crippen molar-refractivity contribution in [3.8, 4) is 0 Å². The molecule has 2 rings (SSSR count). The second-order valence-electron chi connectivity index (χ2n) is 4.86. The van der Waals surface area contributed by atoms with Crippen molar-refractivity contribution in [2.24, 2.45) is 5.92 Å². The van der Waals surface area contributed by atoms with Crippen LogP contribution in [0.5, 0.6) is 0 Å². The number of amides is 1. The molecule has 98 valence electrons. The number of carbonyl (C=O) groups is 1. The van der Waals surface area contributed by atoms with Crippen LogP contribution >= 0.6 is 11.8 Å². The number of anilines is 1. The summed E-state index contributed by atoms with van der Waals surface area (Å²) in [6.45, 7) is 2.74. The molecule has 0 aliphatic carbocycles. The lowest BCUT2D eigenvalue weighted by atomic mass is 10.0. The van der Waals surface area contributed by atoms with Gasteiger partial charge in [0, 0.05) is 12.2 Å². The molecule has 1 aromatic rings. The second-order valence-corrected chi connectivity index (χ2v) is 6.08. The van der Waals surface area contributed by atoms with E-state index < -0.39 is 0 Å². The highest BCUT2D eigenvalue weighted by atomic mass is 32.2. The van der Waals surface area contributed by atoms with Gasteiger partial charge >= 0.3 is 0 Å². The Labute approximate surface area is 113 Å². The molecule has 1 aliphatic rings. The van der Waals surface area contributed by atoms with Crippen molar-refractivity contribution in [2.45, 2.75) is 19.8 Å². The average Bonchev–Trinajstić information content (AvgIpc) is 2.37. The topological polar surface area (TPSA) is 55.1 Å². The van der Waals surface area contributed by atoms with Crippen molar-refractivity contribution in [2.75, 3.05) is 23.8 Å². The highest BCUT2D eigenvalue weighted by Crippen LogP contribution is 2.22. The lowest BCUT2D eigenvalue weighted by molar-refractivity contribution is 0.0947. The van der Waals surface area contributed by atoms with Crippen molar-refractivity contribution < 1.29 is 4.79 Å². The summed E-state index contributed by atoms with van der Waals surface area (Å²) < 4.78 is 0. The Kier molecular flexibility index (Phi) is 4.53. The first-order valence-corrected chi connectivity index (χ1v) is 7.54. The maximum absolute atomic E-state index is 12.0. The number of thioether (sulfide) groups is 1. The Morgan fingerprint density at radius 1 is 1.44 bits per heavy atom. The third-order valence-corrected chi connectivity index (χ3v) is 4.39. The van der Waals surface area contributed by atoms with E-state index in [0.717, 1.165) is 12.1 Å². The molecule has 1 saturated heterocycles. The van der Waals surface area contributed by atoms with Crippen LogP contribution in [0.2, 0.25) is 0 Å². The van der Waals surface area contributed by atoms with Crippen LogP contribution < -0.4 is 11.1 Å². The molecule has 1 amide bonds. The molecule has 0 atom stereocenters. The van der Waals surface area contributed by atoms with Crippen LogP contribution in [0.1, 0.15) is 28.8 Å². The molecule has 0 bridgehead atoms. The number of nitrogens with one attached hydrogen (secondary N) is 1. The van der Waals surface area contributed by atoms with Crippen LogP contribution in [0.25, 0.3) is 0 Å². The zero-order valence-electron chi connectivity index (χ0n) is 10.7. The van der Waals surface area contributed by atoms with Crippen molar-refractivity contribution >= 4 is 23.4 Å². The summed E-state index contributed by atoms with van der Waals surface area (Å²) in [6, 6.07) is 5.56. The van der Waals surface area contributed by atoms with Crippen LogP contribution in [-0.2, 0) is 0 Å². The van der Waals surface area contributed by atoms with Gasteiger partial charge in [-0.1, -0.05) is 6.07 Å².